The summed E-state index contributed by atoms with van der Waals surface area (Å²) in [7, 11) is 0. The first-order valence-electron chi connectivity index (χ1n) is 11.0. The molecule has 1 saturated heterocycles. The Labute approximate surface area is 204 Å². The number of para-hydroxylation sites is 1. The Morgan fingerprint density at radius 2 is 1.70 bits per heavy atom. The molecule has 4 aromatic rings. The van der Waals surface area contributed by atoms with Crippen molar-refractivity contribution in [2.75, 3.05) is 4.90 Å². The van der Waals surface area contributed by atoms with E-state index in [-0.39, 0.29) is 12.1 Å². The van der Waals surface area contributed by atoms with E-state index in [9.17, 15) is 0 Å². The molecule has 4 nitrogen and oxygen atoms in total. The zero-order valence-electron chi connectivity index (χ0n) is 18.8. The molecule has 1 N–H and O–H groups in total. The Kier molecular flexibility index (Phi) is 5.69. The topological polar surface area (TPSA) is 33.1 Å². The minimum Gasteiger partial charge on any atom is -0.351 e. The lowest BCUT2D eigenvalue weighted by Gasteiger charge is -2.28. The van der Waals surface area contributed by atoms with Gasteiger partial charge < -0.3 is 14.8 Å². The minimum absolute atomic E-state index is 0.0470. The number of anilines is 1. The summed E-state index contributed by atoms with van der Waals surface area (Å²) in [5.74, 6) is 0. The lowest BCUT2D eigenvalue weighted by Crippen LogP contribution is -2.29. The van der Waals surface area contributed by atoms with E-state index in [1.165, 1.54) is 5.56 Å². The largest absolute Gasteiger partial charge is 0.351 e. The Balaban J connectivity index is 1.70. The van der Waals surface area contributed by atoms with Crippen molar-refractivity contribution in [2.45, 2.75) is 32.9 Å². The number of halogens is 1. The molecule has 0 amide bonds. The summed E-state index contributed by atoms with van der Waals surface area (Å²) in [5.41, 5.74) is 7.70. The zero-order chi connectivity index (χ0) is 23.1. The molecule has 1 aliphatic heterocycles. The van der Waals surface area contributed by atoms with E-state index in [2.05, 4.69) is 70.9 Å². The monoisotopic (exact) mass is 472 g/mol. The highest BCUT2D eigenvalue weighted by atomic mass is 35.5. The molecule has 0 unspecified atom stereocenters. The Morgan fingerprint density at radius 1 is 0.939 bits per heavy atom. The van der Waals surface area contributed by atoms with Crippen molar-refractivity contribution in [3.8, 4) is 5.69 Å². The number of aryl methyl sites for hydroxylation is 1. The van der Waals surface area contributed by atoms with E-state index >= 15 is 0 Å². The fraction of sp³-hybridized carbons (Fsp3) is 0.185. The molecule has 1 aliphatic rings. The lowest BCUT2D eigenvalue weighted by atomic mass is 9.96. The van der Waals surface area contributed by atoms with E-state index in [0.717, 1.165) is 39.0 Å². The molecule has 3 heterocycles. The molecular weight excluding hydrogens is 448 g/mol. The maximum absolute atomic E-state index is 6.47. The van der Waals surface area contributed by atoms with Crippen molar-refractivity contribution >= 4 is 34.6 Å². The normalized spacial score (nSPS) is 17.9. The van der Waals surface area contributed by atoms with Crippen LogP contribution in [0.15, 0.2) is 79.0 Å². The van der Waals surface area contributed by atoms with Crippen molar-refractivity contribution in [2.24, 2.45) is 0 Å². The summed E-state index contributed by atoms with van der Waals surface area (Å²) in [6.45, 7) is 6.37. The Morgan fingerprint density at radius 3 is 2.42 bits per heavy atom. The van der Waals surface area contributed by atoms with Gasteiger partial charge in [-0.1, -0.05) is 41.9 Å². The molecule has 2 atom stereocenters. The minimum atomic E-state index is -0.0756. The SMILES string of the molecule is Cc1c(Cl)cccc1-n1c(C)cc([C@@H]2[C@H](c3ccccn3)NC(=S)N2c2ccccc2)c1C. The molecule has 0 radical (unpaired) electrons. The number of hydrogen-bond donors (Lipinski definition) is 1. The van der Waals surface area contributed by atoms with Gasteiger partial charge in [0.2, 0.25) is 0 Å². The number of pyridine rings is 1. The number of hydrogen-bond acceptors (Lipinski definition) is 2. The van der Waals surface area contributed by atoms with Crippen LogP contribution in [0.2, 0.25) is 5.02 Å². The number of aromatic nitrogens is 2. The fourth-order valence-electron chi connectivity index (χ4n) is 4.83. The molecule has 6 heteroatoms. The highest BCUT2D eigenvalue weighted by Gasteiger charge is 2.42. The second-order valence-electron chi connectivity index (χ2n) is 8.38. The summed E-state index contributed by atoms with van der Waals surface area (Å²) in [6.07, 6.45) is 1.83. The molecule has 2 aromatic heterocycles. The zero-order valence-corrected chi connectivity index (χ0v) is 20.4. The third-order valence-electron chi connectivity index (χ3n) is 6.40. The molecular formula is C27H25ClN4S. The smallest absolute Gasteiger partial charge is 0.174 e. The van der Waals surface area contributed by atoms with Crippen LogP contribution in [0.25, 0.3) is 5.69 Å². The van der Waals surface area contributed by atoms with Gasteiger partial charge in [0, 0.05) is 34.0 Å². The first kappa shape index (κ1) is 21.7. The molecule has 0 spiro atoms. The molecule has 0 bridgehead atoms. The summed E-state index contributed by atoms with van der Waals surface area (Å²) in [4.78, 5) is 6.88. The van der Waals surface area contributed by atoms with Crippen LogP contribution >= 0.6 is 23.8 Å². The Hall–Kier alpha value is -3.15. The van der Waals surface area contributed by atoms with Crippen LogP contribution in [-0.2, 0) is 0 Å². The van der Waals surface area contributed by atoms with Gasteiger partial charge in [-0.25, -0.2) is 0 Å². The molecule has 1 fully saturated rings. The van der Waals surface area contributed by atoms with Gasteiger partial charge in [0.05, 0.1) is 17.8 Å². The predicted octanol–water partition coefficient (Wildman–Crippen LogP) is 6.63. The lowest BCUT2D eigenvalue weighted by molar-refractivity contribution is 0.565. The van der Waals surface area contributed by atoms with Crippen molar-refractivity contribution in [3.05, 3.63) is 112 Å². The summed E-state index contributed by atoms with van der Waals surface area (Å²) in [6, 6.07) is 24.5. The van der Waals surface area contributed by atoms with Gasteiger partial charge >= 0.3 is 0 Å². The average Bonchev–Trinajstić information content (AvgIpc) is 3.32. The molecule has 166 valence electrons. The second kappa shape index (κ2) is 8.65. The van der Waals surface area contributed by atoms with Crippen molar-refractivity contribution < 1.29 is 0 Å². The van der Waals surface area contributed by atoms with Crippen molar-refractivity contribution in [3.63, 3.8) is 0 Å². The highest BCUT2D eigenvalue weighted by molar-refractivity contribution is 7.80. The van der Waals surface area contributed by atoms with Crippen molar-refractivity contribution in [1.29, 1.82) is 0 Å². The molecule has 2 aromatic carbocycles. The van der Waals surface area contributed by atoms with E-state index in [4.69, 9.17) is 23.8 Å². The maximum atomic E-state index is 6.47. The first-order valence-corrected chi connectivity index (χ1v) is 11.8. The molecule has 0 saturated carbocycles. The molecule has 5 rings (SSSR count). The standard InChI is InChI=1S/C27H25ClN4S/c1-17-16-21(19(3)31(17)24-14-9-12-22(28)18(24)2)26-25(23-13-7-8-15-29-23)30-27(33)32(26)20-10-5-4-6-11-20/h4-16,25-26H,1-3H3,(H,30,33)/t25-,26+/m0/s1. The molecule has 33 heavy (non-hydrogen) atoms. The van der Waals surface area contributed by atoms with E-state index in [1.54, 1.807) is 0 Å². The van der Waals surface area contributed by atoms with Gasteiger partial charge in [-0.2, -0.15) is 0 Å². The number of nitrogens with one attached hydrogen (secondary N) is 1. The van der Waals surface area contributed by atoms with Crippen LogP contribution in [0.1, 0.15) is 40.3 Å². The van der Waals surface area contributed by atoms with Gasteiger partial charge in [0.25, 0.3) is 0 Å². The number of thiocarbonyl (C=S) groups is 1. The van der Waals surface area contributed by atoms with Gasteiger partial charge in [-0.3, -0.25) is 4.98 Å². The van der Waals surface area contributed by atoms with Crippen LogP contribution in [0, 0.1) is 20.8 Å². The summed E-state index contributed by atoms with van der Waals surface area (Å²) >= 11 is 12.3. The average molecular weight is 473 g/mol. The van der Waals surface area contributed by atoms with Gasteiger partial charge in [0.15, 0.2) is 5.11 Å². The van der Waals surface area contributed by atoms with E-state index in [0.29, 0.717) is 5.11 Å². The van der Waals surface area contributed by atoms with Gasteiger partial charge in [0.1, 0.15) is 0 Å². The van der Waals surface area contributed by atoms with Crippen LogP contribution in [0.5, 0.6) is 0 Å². The van der Waals surface area contributed by atoms with Gasteiger partial charge in [-0.05, 0) is 86.6 Å². The van der Waals surface area contributed by atoms with Crippen LogP contribution in [-0.4, -0.2) is 14.7 Å². The van der Waals surface area contributed by atoms with Crippen LogP contribution < -0.4 is 10.2 Å². The van der Waals surface area contributed by atoms with Crippen LogP contribution in [0.4, 0.5) is 5.69 Å². The Bertz CT molecular complexity index is 1320. The second-order valence-corrected chi connectivity index (χ2v) is 9.17. The third-order valence-corrected chi connectivity index (χ3v) is 7.13. The predicted molar refractivity (Wildman–Crippen MR) is 139 cm³/mol. The van der Waals surface area contributed by atoms with Crippen LogP contribution in [0.3, 0.4) is 0 Å². The van der Waals surface area contributed by atoms with E-state index in [1.807, 2.05) is 48.7 Å². The van der Waals surface area contributed by atoms with Gasteiger partial charge in [-0.15, -0.1) is 0 Å². The number of rotatable bonds is 4. The number of benzene rings is 2. The summed E-state index contributed by atoms with van der Waals surface area (Å²) < 4.78 is 2.29. The third kappa shape index (κ3) is 3.71. The highest BCUT2D eigenvalue weighted by Crippen LogP contribution is 2.43. The number of nitrogens with zero attached hydrogens (tertiary/aromatic N) is 3. The quantitative estimate of drug-likeness (QED) is 0.338. The fourth-order valence-corrected chi connectivity index (χ4v) is 5.35. The first-order chi connectivity index (χ1) is 16.0. The summed E-state index contributed by atoms with van der Waals surface area (Å²) in [5, 5.41) is 5.01. The maximum Gasteiger partial charge on any atom is 0.174 e. The van der Waals surface area contributed by atoms with Crippen molar-refractivity contribution in [1.82, 2.24) is 14.9 Å². The van der Waals surface area contributed by atoms with E-state index < -0.39 is 0 Å². The molecule has 0 aliphatic carbocycles.